The number of rotatable bonds is 4. The lowest BCUT2D eigenvalue weighted by molar-refractivity contribution is 0.242. The highest BCUT2D eigenvalue weighted by molar-refractivity contribution is 5.85. The summed E-state index contributed by atoms with van der Waals surface area (Å²) in [7, 11) is 0. The summed E-state index contributed by atoms with van der Waals surface area (Å²) in [5.74, 6) is 0.828. The van der Waals surface area contributed by atoms with Crippen LogP contribution < -0.4 is 5.56 Å². The number of nitrogens with zero attached hydrogens (tertiary/aromatic N) is 2. The van der Waals surface area contributed by atoms with Gasteiger partial charge in [0.25, 0.3) is 5.56 Å². The summed E-state index contributed by atoms with van der Waals surface area (Å²) in [5, 5.41) is 2.56. The van der Waals surface area contributed by atoms with Crippen molar-refractivity contribution in [1.29, 1.82) is 0 Å². The predicted octanol–water partition coefficient (Wildman–Crippen LogP) is 3.43. The van der Waals surface area contributed by atoms with Gasteiger partial charge in [-0.05, 0) is 22.8 Å². The van der Waals surface area contributed by atoms with Crippen LogP contribution >= 0.6 is 0 Å². The summed E-state index contributed by atoms with van der Waals surface area (Å²) in [6, 6.07) is 14.9. The molecule has 0 amide bonds. The minimum atomic E-state index is 0.0380. The molecular formula is C21H23N3O. The summed E-state index contributed by atoms with van der Waals surface area (Å²) in [6.45, 7) is 4.58. The lowest BCUT2D eigenvalue weighted by atomic mass is 10.0. The van der Waals surface area contributed by atoms with E-state index in [1.165, 1.54) is 16.3 Å². The predicted molar refractivity (Wildman–Crippen MR) is 101 cm³/mol. The molecule has 4 heteroatoms. The largest absolute Gasteiger partial charge is 0.310 e. The molecule has 0 spiro atoms. The van der Waals surface area contributed by atoms with E-state index in [2.05, 4.69) is 64.3 Å². The van der Waals surface area contributed by atoms with Crippen LogP contribution in [0.4, 0.5) is 0 Å². The lowest BCUT2D eigenvalue weighted by Crippen LogP contribution is -2.35. The lowest BCUT2D eigenvalue weighted by Gasteiger charge is -2.28. The van der Waals surface area contributed by atoms with E-state index in [1.54, 1.807) is 0 Å². The summed E-state index contributed by atoms with van der Waals surface area (Å²) in [6.07, 6.45) is 2.68. The van der Waals surface area contributed by atoms with Gasteiger partial charge in [0.15, 0.2) is 0 Å². The maximum Gasteiger partial charge on any atom is 0.255 e. The van der Waals surface area contributed by atoms with Crippen molar-refractivity contribution >= 4 is 10.8 Å². The fraction of sp³-hybridized carbons (Fsp3) is 0.333. The van der Waals surface area contributed by atoms with E-state index in [4.69, 9.17) is 0 Å². The van der Waals surface area contributed by atoms with Gasteiger partial charge in [-0.15, -0.1) is 0 Å². The first-order valence-electron chi connectivity index (χ1n) is 9.04. The fourth-order valence-corrected chi connectivity index (χ4v) is 3.69. The van der Waals surface area contributed by atoms with Gasteiger partial charge in [0.05, 0.1) is 11.3 Å². The van der Waals surface area contributed by atoms with Gasteiger partial charge in [-0.25, -0.2) is 4.98 Å². The Hall–Kier alpha value is -2.46. The highest BCUT2D eigenvalue weighted by Crippen LogP contribution is 2.22. The monoisotopic (exact) mass is 333 g/mol. The minimum Gasteiger partial charge on any atom is -0.310 e. The van der Waals surface area contributed by atoms with Crippen LogP contribution in [0.3, 0.4) is 0 Å². The van der Waals surface area contributed by atoms with Crippen LogP contribution in [0.15, 0.2) is 47.3 Å². The number of nitrogens with one attached hydrogen (secondary N) is 1. The van der Waals surface area contributed by atoms with E-state index in [0.717, 1.165) is 49.4 Å². The molecule has 2 aromatic carbocycles. The van der Waals surface area contributed by atoms with Crippen LogP contribution in [0.1, 0.15) is 36.0 Å². The van der Waals surface area contributed by atoms with E-state index in [0.29, 0.717) is 6.54 Å². The molecule has 0 atom stereocenters. The Morgan fingerprint density at radius 3 is 2.88 bits per heavy atom. The van der Waals surface area contributed by atoms with E-state index in [-0.39, 0.29) is 5.56 Å². The van der Waals surface area contributed by atoms with Gasteiger partial charge in [0, 0.05) is 32.5 Å². The third-order valence-electron chi connectivity index (χ3n) is 4.96. The van der Waals surface area contributed by atoms with Crippen molar-refractivity contribution in [3.63, 3.8) is 0 Å². The zero-order chi connectivity index (χ0) is 17.2. The van der Waals surface area contributed by atoms with Crippen LogP contribution in [0.25, 0.3) is 10.8 Å². The van der Waals surface area contributed by atoms with Crippen LogP contribution in [0.2, 0.25) is 0 Å². The Balaban J connectivity index is 1.59. The van der Waals surface area contributed by atoms with Gasteiger partial charge in [-0.2, -0.15) is 0 Å². The maximum atomic E-state index is 12.4. The van der Waals surface area contributed by atoms with Gasteiger partial charge < -0.3 is 4.98 Å². The molecule has 0 aliphatic carbocycles. The molecule has 128 valence electrons. The summed E-state index contributed by atoms with van der Waals surface area (Å²) in [5.41, 5.74) is 3.18. The number of H-pyrrole nitrogens is 1. The molecule has 1 aliphatic rings. The van der Waals surface area contributed by atoms with Crippen LogP contribution in [0.5, 0.6) is 0 Å². The molecular weight excluding hydrogens is 310 g/mol. The third-order valence-corrected chi connectivity index (χ3v) is 4.96. The number of fused-ring (bicyclic) bond motifs is 2. The van der Waals surface area contributed by atoms with E-state index < -0.39 is 0 Å². The van der Waals surface area contributed by atoms with Gasteiger partial charge in [-0.3, -0.25) is 9.69 Å². The fourth-order valence-electron chi connectivity index (χ4n) is 3.69. The number of aromatic amines is 1. The molecule has 1 N–H and O–H groups in total. The van der Waals surface area contributed by atoms with Gasteiger partial charge in [0.2, 0.25) is 0 Å². The SMILES string of the molecule is CCCc1nc2c(c(=O)[nH]1)CN(Cc1cccc3ccccc13)CC2. The Kier molecular flexibility index (Phi) is 4.36. The van der Waals surface area contributed by atoms with Gasteiger partial charge in [-0.1, -0.05) is 49.4 Å². The molecule has 0 saturated heterocycles. The first kappa shape index (κ1) is 16.0. The average molecular weight is 333 g/mol. The Labute approximate surface area is 147 Å². The highest BCUT2D eigenvalue weighted by Gasteiger charge is 2.21. The zero-order valence-corrected chi connectivity index (χ0v) is 14.6. The standard InChI is InChI=1S/C21H23N3O/c1-2-6-20-22-19-11-12-24(14-18(19)21(25)23-20)13-16-9-5-8-15-7-3-4-10-17(15)16/h3-5,7-10H,2,6,11-14H2,1H3,(H,22,23,25). The zero-order valence-electron chi connectivity index (χ0n) is 14.6. The van der Waals surface area contributed by atoms with E-state index >= 15 is 0 Å². The number of benzene rings is 2. The second kappa shape index (κ2) is 6.81. The minimum absolute atomic E-state index is 0.0380. The summed E-state index contributed by atoms with van der Waals surface area (Å²) < 4.78 is 0. The quantitative estimate of drug-likeness (QED) is 0.796. The second-order valence-corrected chi connectivity index (χ2v) is 6.79. The first-order valence-corrected chi connectivity index (χ1v) is 9.04. The molecule has 3 aromatic rings. The smallest absolute Gasteiger partial charge is 0.255 e. The van der Waals surface area contributed by atoms with Gasteiger partial charge >= 0.3 is 0 Å². The topological polar surface area (TPSA) is 49.0 Å². The summed E-state index contributed by atoms with van der Waals surface area (Å²) in [4.78, 5) is 22.4. The van der Waals surface area contributed by atoms with Crippen molar-refractivity contribution < 1.29 is 0 Å². The number of hydrogen-bond donors (Lipinski definition) is 1. The van der Waals surface area contributed by atoms with Gasteiger partial charge in [0.1, 0.15) is 5.82 Å². The number of aromatic nitrogens is 2. The molecule has 4 rings (SSSR count). The molecule has 1 aromatic heterocycles. The van der Waals surface area contributed by atoms with Crippen LogP contribution in [-0.2, 0) is 25.9 Å². The third kappa shape index (κ3) is 3.22. The molecule has 1 aliphatic heterocycles. The molecule has 25 heavy (non-hydrogen) atoms. The average Bonchev–Trinajstić information content (AvgIpc) is 2.63. The normalized spacial score (nSPS) is 14.6. The Morgan fingerprint density at radius 2 is 2.00 bits per heavy atom. The van der Waals surface area contributed by atoms with Crippen molar-refractivity contribution in [2.75, 3.05) is 6.54 Å². The van der Waals surface area contributed by atoms with Crippen molar-refractivity contribution in [2.45, 2.75) is 39.3 Å². The van der Waals surface area contributed by atoms with Crippen LogP contribution in [-0.4, -0.2) is 21.4 Å². The highest BCUT2D eigenvalue weighted by atomic mass is 16.1. The first-order chi connectivity index (χ1) is 12.2. The Bertz CT molecular complexity index is 956. The van der Waals surface area contributed by atoms with Crippen LogP contribution in [0, 0.1) is 0 Å². The van der Waals surface area contributed by atoms with Crippen molar-refractivity contribution in [3.8, 4) is 0 Å². The van der Waals surface area contributed by atoms with E-state index in [1.807, 2.05) is 0 Å². The molecule has 0 fully saturated rings. The molecule has 0 bridgehead atoms. The molecule has 0 unspecified atom stereocenters. The molecule has 2 heterocycles. The number of hydrogen-bond acceptors (Lipinski definition) is 3. The maximum absolute atomic E-state index is 12.4. The molecule has 4 nitrogen and oxygen atoms in total. The van der Waals surface area contributed by atoms with Crippen molar-refractivity contribution in [3.05, 3.63) is 75.5 Å². The van der Waals surface area contributed by atoms with Crippen molar-refractivity contribution in [1.82, 2.24) is 14.9 Å². The Morgan fingerprint density at radius 1 is 1.16 bits per heavy atom. The molecule has 0 saturated carbocycles. The molecule has 0 radical (unpaired) electrons. The van der Waals surface area contributed by atoms with Crippen molar-refractivity contribution in [2.24, 2.45) is 0 Å². The summed E-state index contributed by atoms with van der Waals surface area (Å²) >= 11 is 0. The second-order valence-electron chi connectivity index (χ2n) is 6.79. The number of aryl methyl sites for hydroxylation is 1. The van der Waals surface area contributed by atoms with E-state index in [9.17, 15) is 4.79 Å².